The zero-order valence-electron chi connectivity index (χ0n) is 16.3. The molecule has 7 heteroatoms. The average molecular weight is 364 g/mol. The van der Waals surface area contributed by atoms with Gasteiger partial charge in [-0.05, 0) is 25.2 Å². The number of ether oxygens (including phenoxy) is 1. The van der Waals surface area contributed by atoms with Crippen molar-refractivity contribution in [1.29, 1.82) is 0 Å². The van der Waals surface area contributed by atoms with Gasteiger partial charge < -0.3 is 9.84 Å². The van der Waals surface area contributed by atoms with E-state index in [4.69, 9.17) is 9.84 Å². The fraction of sp³-hybridized carbons (Fsp3) is 0.632. The summed E-state index contributed by atoms with van der Waals surface area (Å²) < 4.78 is 5.26. The Kier molecular flexibility index (Phi) is 7.00. The van der Waals surface area contributed by atoms with Gasteiger partial charge >= 0.3 is 11.9 Å². The van der Waals surface area contributed by atoms with Gasteiger partial charge in [0, 0.05) is 5.41 Å². The quantitative estimate of drug-likeness (QED) is 0.530. The van der Waals surface area contributed by atoms with Crippen molar-refractivity contribution >= 4 is 17.7 Å². The number of aromatic nitrogens is 2. The number of rotatable bonds is 9. The minimum absolute atomic E-state index is 0.0216. The van der Waals surface area contributed by atoms with Gasteiger partial charge in [0.15, 0.2) is 5.75 Å². The molecule has 0 bridgehead atoms. The van der Waals surface area contributed by atoms with Gasteiger partial charge in [-0.2, -0.15) is 0 Å². The first kappa shape index (κ1) is 21.7. The van der Waals surface area contributed by atoms with Crippen LogP contribution in [0.1, 0.15) is 66.6 Å². The van der Waals surface area contributed by atoms with Gasteiger partial charge in [-0.1, -0.05) is 34.6 Å². The minimum atomic E-state index is -1.18. The normalized spacial score (nSPS) is 13.2. The summed E-state index contributed by atoms with van der Waals surface area (Å²) in [6.45, 7) is 10.8. The molecule has 0 fully saturated rings. The largest absolute Gasteiger partial charge is 0.481 e. The van der Waals surface area contributed by atoms with E-state index in [-0.39, 0.29) is 24.0 Å². The van der Waals surface area contributed by atoms with Crippen molar-refractivity contribution in [1.82, 2.24) is 9.97 Å². The summed E-state index contributed by atoms with van der Waals surface area (Å²) in [4.78, 5) is 43.3. The van der Waals surface area contributed by atoms with Gasteiger partial charge in [0.05, 0.1) is 18.8 Å². The average Bonchev–Trinajstić information content (AvgIpc) is 2.52. The Bertz CT molecular complexity index is 651. The van der Waals surface area contributed by atoms with Crippen molar-refractivity contribution in [2.24, 2.45) is 11.3 Å². The predicted octanol–water partition coefficient (Wildman–Crippen LogP) is 3.17. The molecule has 1 rings (SSSR count). The number of nitrogens with zero attached hydrogens (tertiary/aromatic N) is 2. The fourth-order valence-electron chi connectivity index (χ4n) is 2.46. The maximum atomic E-state index is 12.2. The Morgan fingerprint density at radius 1 is 1.15 bits per heavy atom. The van der Waals surface area contributed by atoms with Crippen LogP contribution >= 0.6 is 0 Å². The van der Waals surface area contributed by atoms with Crippen LogP contribution in [0.4, 0.5) is 0 Å². The van der Waals surface area contributed by atoms with E-state index < -0.39 is 29.1 Å². The zero-order chi connectivity index (χ0) is 20.1. The summed E-state index contributed by atoms with van der Waals surface area (Å²) >= 11 is 0. The highest BCUT2D eigenvalue weighted by atomic mass is 16.5. The van der Waals surface area contributed by atoms with Gasteiger partial charge in [-0.15, -0.1) is 0 Å². The number of hydrogen-bond acceptors (Lipinski definition) is 6. The lowest BCUT2D eigenvalue weighted by atomic mass is 9.79. The highest BCUT2D eigenvalue weighted by Crippen LogP contribution is 2.31. The van der Waals surface area contributed by atoms with Crippen LogP contribution in [0.25, 0.3) is 0 Å². The molecule has 7 nitrogen and oxygen atoms in total. The van der Waals surface area contributed by atoms with E-state index in [2.05, 4.69) is 9.97 Å². The number of carboxylic acid groups (broad SMARTS) is 1. The highest BCUT2D eigenvalue weighted by molar-refractivity contribution is 5.96. The molecule has 0 saturated carbocycles. The molecule has 1 atom stereocenters. The standard InChI is InChI=1S/C19H28N2O5/c1-7-19(5,6)17-20-10-13(11-21-17)26-15(23)9-18(3,4)8-14(12(2)22)16(24)25/h10-11,14H,7-9H2,1-6H3,(H,24,25). The summed E-state index contributed by atoms with van der Waals surface area (Å²) in [5, 5.41) is 9.13. The Labute approximate surface area is 154 Å². The van der Waals surface area contributed by atoms with E-state index in [1.54, 1.807) is 13.8 Å². The number of hydrogen-bond donors (Lipinski definition) is 1. The molecule has 0 aliphatic carbocycles. The monoisotopic (exact) mass is 364 g/mol. The first-order chi connectivity index (χ1) is 11.9. The molecule has 0 amide bonds. The Morgan fingerprint density at radius 2 is 1.69 bits per heavy atom. The lowest BCUT2D eigenvalue weighted by Gasteiger charge is -2.26. The van der Waals surface area contributed by atoms with Crippen molar-refractivity contribution in [3.05, 3.63) is 18.2 Å². The molecule has 0 aromatic carbocycles. The molecule has 0 aliphatic rings. The minimum Gasteiger partial charge on any atom is -0.481 e. The summed E-state index contributed by atoms with van der Waals surface area (Å²) in [6, 6.07) is 0. The third kappa shape index (κ3) is 6.20. The molecule has 144 valence electrons. The highest BCUT2D eigenvalue weighted by Gasteiger charge is 2.33. The summed E-state index contributed by atoms with van der Waals surface area (Å²) in [5.41, 5.74) is -0.861. The Balaban J connectivity index is 2.73. The number of ketones is 1. The molecule has 0 aliphatic heterocycles. The van der Waals surface area contributed by atoms with Gasteiger partial charge in [-0.25, -0.2) is 9.97 Å². The number of carbonyl (C=O) groups excluding carboxylic acids is 2. The maximum Gasteiger partial charge on any atom is 0.314 e. The summed E-state index contributed by atoms with van der Waals surface area (Å²) in [6.07, 6.45) is 3.83. The number of carboxylic acids is 1. The molecular weight excluding hydrogens is 336 g/mol. The second kappa shape index (κ2) is 8.38. The van der Waals surface area contributed by atoms with Crippen molar-refractivity contribution in [3.8, 4) is 5.75 Å². The second-order valence-electron chi connectivity index (χ2n) is 8.00. The van der Waals surface area contributed by atoms with E-state index in [1.807, 2.05) is 20.8 Å². The van der Waals surface area contributed by atoms with Gasteiger partial charge in [0.25, 0.3) is 0 Å². The third-order valence-corrected chi connectivity index (χ3v) is 4.52. The van der Waals surface area contributed by atoms with Crippen LogP contribution in [0.5, 0.6) is 5.75 Å². The van der Waals surface area contributed by atoms with Crippen LogP contribution in [0.15, 0.2) is 12.4 Å². The molecule has 0 saturated heterocycles. The van der Waals surface area contributed by atoms with Crippen molar-refractivity contribution in [3.63, 3.8) is 0 Å². The number of aliphatic carboxylic acids is 1. The molecule has 1 unspecified atom stereocenters. The Morgan fingerprint density at radius 3 is 2.12 bits per heavy atom. The third-order valence-electron chi connectivity index (χ3n) is 4.52. The second-order valence-corrected chi connectivity index (χ2v) is 8.00. The molecule has 0 spiro atoms. The van der Waals surface area contributed by atoms with E-state index in [0.29, 0.717) is 5.82 Å². The molecule has 1 heterocycles. The summed E-state index contributed by atoms with van der Waals surface area (Å²) in [7, 11) is 0. The van der Waals surface area contributed by atoms with Crippen LogP contribution in [-0.4, -0.2) is 32.8 Å². The van der Waals surface area contributed by atoms with Crippen molar-refractivity contribution in [2.75, 3.05) is 0 Å². The summed E-state index contributed by atoms with van der Waals surface area (Å²) in [5.74, 6) is -2.35. The molecular formula is C19H28N2O5. The van der Waals surface area contributed by atoms with Crippen LogP contribution in [0.2, 0.25) is 0 Å². The SMILES string of the molecule is CCC(C)(C)c1ncc(OC(=O)CC(C)(C)CC(C(C)=O)C(=O)O)cn1. The molecule has 1 N–H and O–H groups in total. The number of esters is 1. The van der Waals surface area contributed by atoms with Crippen LogP contribution in [0.3, 0.4) is 0 Å². The van der Waals surface area contributed by atoms with E-state index in [1.165, 1.54) is 19.3 Å². The zero-order valence-corrected chi connectivity index (χ0v) is 16.3. The fourth-order valence-corrected chi connectivity index (χ4v) is 2.46. The molecule has 1 aromatic heterocycles. The van der Waals surface area contributed by atoms with Crippen LogP contribution in [0, 0.1) is 11.3 Å². The lowest BCUT2D eigenvalue weighted by Crippen LogP contribution is -2.30. The van der Waals surface area contributed by atoms with E-state index >= 15 is 0 Å². The van der Waals surface area contributed by atoms with Gasteiger partial charge in [0.2, 0.25) is 0 Å². The topological polar surface area (TPSA) is 106 Å². The van der Waals surface area contributed by atoms with E-state index in [0.717, 1.165) is 6.42 Å². The number of carbonyl (C=O) groups is 3. The predicted molar refractivity (Wildman–Crippen MR) is 95.8 cm³/mol. The molecule has 0 radical (unpaired) electrons. The first-order valence-corrected chi connectivity index (χ1v) is 8.64. The smallest absolute Gasteiger partial charge is 0.314 e. The maximum absolute atomic E-state index is 12.2. The van der Waals surface area contributed by atoms with Gasteiger partial charge in [-0.3, -0.25) is 14.4 Å². The number of Topliss-reactive ketones (excluding diaryl/α,β-unsaturated/α-hetero) is 1. The molecule has 26 heavy (non-hydrogen) atoms. The van der Waals surface area contributed by atoms with E-state index in [9.17, 15) is 14.4 Å². The van der Waals surface area contributed by atoms with Crippen LogP contribution < -0.4 is 4.74 Å². The van der Waals surface area contributed by atoms with Gasteiger partial charge in [0.1, 0.15) is 17.5 Å². The molecule has 1 aromatic rings. The van der Waals surface area contributed by atoms with Crippen molar-refractivity contribution < 1.29 is 24.2 Å². The van der Waals surface area contributed by atoms with Crippen LogP contribution in [-0.2, 0) is 19.8 Å². The van der Waals surface area contributed by atoms with Crippen molar-refractivity contribution in [2.45, 2.75) is 66.2 Å². The Hall–Kier alpha value is -2.31. The lowest BCUT2D eigenvalue weighted by molar-refractivity contribution is -0.148. The first-order valence-electron chi connectivity index (χ1n) is 8.64.